The van der Waals surface area contributed by atoms with Crippen LogP contribution in [0.2, 0.25) is 0 Å². The minimum absolute atomic E-state index is 0.0396. The van der Waals surface area contributed by atoms with E-state index in [0.717, 1.165) is 38.5 Å². The zero-order chi connectivity index (χ0) is 18.2. The van der Waals surface area contributed by atoms with Crippen molar-refractivity contribution in [1.29, 1.82) is 0 Å². The lowest BCUT2D eigenvalue weighted by atomic mass is 9.81. The fourth-order valence-electron chi connectivity index (χ4n) is 4.38. The summed E-state index contributed by atoms with van der Waals surface area (Å²) in [5, 5.41) is 29.2. The predicted octanol–water partition coefficient (Wildman–Crippen LogP) is 3.14. The predicted molar refractivity (Wildman–Crippen MR) is 96.2 cm³/mol. The zero-order valence-corrected chi connectivity index (χ0v) is 15.3. The van der Waals surface area contributed by atoms with E-state index in [1.165, 1.54) is 0 Å². The van der Waals surface area contributed by atoms with Gasteiger partial charge in [0.2, 0.25) is 0 Å². The van der Waals surface area contributed by atoms with Crippen molar-refractivity contribution in [2.24, 2.45) is 17.8 Å². The molecule has 0 aromatic carbocycles. The molecule has 0 aromatic heterocycles. The van der Waals surface area contributed by atoms with E-state index in [-0.39, 0.29) is 18.4 Å². The first-order chi connectivity index (χ1) is 12.0. The van der Waals surface area contributed by atoms with E-state index in [0.29, 0.717) is 31.3 Å². The Morgan fingerprint density at radius 3 is 2.80 bits per heavy atom. The molecule has 6 atom stereocenters. The molecule has 3 N–H and O–H groups in total. The van der Waals surface area contributed by atoms with Gasteiger partial charge in [-0.2, -0.15) is 0 Å². The Balaban J connectivity index is 1.85. The van der Waals surface area contributed by atoms with Crippen LogP contribution in [0.25, 0.3) is 0 Å². The van der Waals surface area contributed by atoms with Crippen LogP contribution in [0.15, 0.2) is 12.2 Å². The average molecular weight is 354 g/mol. The molecule has 0 amide bonds. The molecule has 0 spiro atoms. The lowest BCUT2D eigenvalue weighted by Crippen LogP contribution is -2.24. The van der Waals surface area contributed by atoms with Gasteiger partial charge in [-0.05, 0) is 31.1 Å². The van der Waals surface area contributed by atoms with Crippen molar-refractivity contribution in [2.45, 2.75) is 83.0 Å². The fraction of sp³-hybridized carbons (Fsp3) is 0.850. The highest BCUT2D eigenvalue weighted by molar-refractivity contribution is 5.66. The van der Waals surface area contributed by atoms with Gasteiger partial charge in [-0.15, -0.1) is 0 Å². The number of hydrogen-bond acceptors (Lipinski definition) is 4. The van der Waals surface area contributed by atoms with Gasteiger partial charge in [0.15, 0.2) is 0 Å². The SMILES string of the molecule is CCCCC[C@H](O)C=CC1[C@H]2[C@@H](CCCCC(=O)O)CO[C@H]2C[C@H]1O. The number of aliphatic carboxylic acids is 1. The van der Waals surface area contributed by atoms with Crippen molar-refractivity contribution >= 4 is 5.97 Å². The summed E-state index contributed by atoms with van der Waals surface area (Å²) in [4.78, 5) is 10.6. The largest absolute Gasteiger partial charge is 0.481 e. The Hall–Kier alpha value is -0.910. The van der Waals surface area contributed by atoms with E-state index in [1.54, 1.807) is 0 Å². The van der Waals surface area contributed by atoms with E-state index in [4.69, 9.17) is 9.84 Å². The van der Waals surface area contributed by atoms with Crippen molar-refractivity contribution in [3.63, 3.8) is 0 Å². The van der Waals surface area contributed by atoms with Gasteiger partial charge in [-0.25, -0.2) is 0 Å². The lowest BCUT2D eigenvalue weighted by molar-refractivity contribution is -0.137. The third-order valence-electron chi connectivity index (χ3n) is 5.74. The maximum atomic E-state index is 10.6. The molecule has 0 aromatic rings. The molecule has 2 fully saturated rings. The molecule has 1 heterocycles. The van der Waals surface area contributed by atoms with Crippen molar-refractivity contribution in [2.75, 3.05) is 6.61 Å². The summed E-state index contributed by atoms with van der Waals surface area (Å²) in [6.07, 6.45) is 10.6. The van der Waals surface area contributed by atoms with E-state index >= 15 is 0 Å². The van der Waals surface area contributed by atoms with E-state index in [1.807, 2.05) is 12.2 Å². The molecule has 5 heteroatoms. The molecule has 144 valence electrons. The number of unbranched alkanes of at least 4 members (excludes halogenated alkanes) is 3. The van der Waals surface area contributed by atoms with Gasteiger partial charge in [0, 0.05) is 18.8 Å². The molecule has 1 unspecified atom stereocenters. The maximum absolute atomic E-state index is 10.6. The van der Waals surface area contributed by atoms with E-state index < -0.39 is 18.2 Å². The number of carboxylic acids is 1. The normalized spacial score (nSPS) is 33.0. The van der Waals surface area contributed by atoms with Gasteiger partial charge >= 0.3 is 5.97 Å². The van der Waals surface area contributed by atoms with Gasteiger partial charge in [-0.3, -0.25) is 4.79 Å². The second-order valence-corrected chi connectivity index (χ2v) is 7.68. The first-order valence-corrected chi connectivity index (χ1v) is 9.90. The fourth-order valence-corrected chi connectivity index (χ4v) is 4.38. The highest BCUT2D eigenvalue weighted by Gasteiger charge is 2.49. The third kappa shape index (κ3) is 6.08. The summed E-state index contributed by atoms with van der Waals surface area (Å²) in [6, 6.07) is 0. The van der Waals surface area contributed by atoms with Crippen LogP contribution < -0.4 is 0 Å². The van der Waals surface area contributed by atoms with Crippen LogP contribution in [0.3, 0.4) is 0 Å². The number of hydrogen-bond donors (Lipinski definition) is 3. The van der Waals surface area contributed by atoms with E-state index in [2.05, 4.69) is 6.92 Å². The quantitative estimate of drug-likeness (QED) is 0.392. The Labute approximate surface area is 151 Å². The highest BCUT2D eigenvalue weighted by Crippen LogP contribution is 2.46. The molecular formula is C20H34O5. The highest BCUT2D eigenvalue weighted by atomic mass is 16.5. The minimum atomic E-state index is -0.741. The summed E-state index contributed by atoms with van der Waals surface area (Å²) in [5.41, 5.74) is 0. The number of ether oxygens (including phenoxy) is 1. The molecule has 2 rings (SSSR count). The van der Waals surface area contributed by atoms with Crippen LogP contribution >= 0.6 is 0 Å². The Morgan fingerprint density at radius 1 is 1.28 bits per heavy atom. The molecule has 0 bridgehead atoms. The first kappa shape index (κ1) is 20.4. The smallest absolute Gasteiger partial charge is 0.303 e. The van der Waals surface area contributed by atoms with Crippen molar-refractivity contribution in [3.05, 3.63) is 12.2 Å². The summed E-state index contributed by atoms with van der Waals surface area (Å²) in [5.74, 6) is -0.0331. The molecule has 1 aliphatic carbocycles. The number of fused-ring (bicyclic) bond motifs is 1. The second-order valence-electron chi connectivity index (χ2n) is 7.68. The molecular weight excluding hydrogens is 320 g/mol. The summed E-state index contributed by atoms with van der Waals surface area (Å²) in [7, 11) is 0. The van der Waals surface area contributed by atoms with E-state index in [9.17, 15) is 15.0 Å². The van der Waals surface area contributed by atoms with Crippen LogP contribution in [0.4, 0.5) is 0 Å². The average Bonchev–Trinajstić information content (AvgIpc) is 3.08. The van der Waals surface area contributed by atoms with Gasteiger partial charge in [0.25, 0.3) is 0 Å². The summed E-state index contributed by atoms with van der Waals surface area (Å²) < 4.78 is 5.88. The van der Waals surface area contributed by atoms with Crippen LogP contribution in [0.1, 0.15) is 64.7 Å². The number of carbonyl (C=O) groups is 1. The van der Waals surface area contributed by atoms with Gasteiger partial charge in [-0.1, -0.05) is 44.8 Å². The van der Waals surface area contributed by atoms with Gasteiger partial charge in [0.1, 0.15) is 0 Å². The lowest BCUT2D eigenvalue weighted by Gasteiger charge is -2.23. The third-order valence-corrected chi connectivity index (χ3v) is 5.74. The molecule has 2 aliphatic rings. The molecule has 25 heavy (non-hydrogen) atoms. The summed E-state index contributed by atoms with van der Waals surface area (Å²) >= 11 is 0. The van der Waals surface area contributed by atoms with Crippen molar-refractivity contribution in [1.82, 2.24) is 0 Å². The molecule has 1 saturated heterocycles. The summed E-state index contributed by atoms with van der Waals surface area (Å²) in [6.45, 7) is 2.85. The number of carboxylic acid groups (broad SMARTS) is 1. The Morgan fingerprint density at radius 2 is 2.08 bits per heavy atom. The zero-order valence-electron chi connectivity index (χ0n) is 15.3. The van der Waals surface area contributed by atoms with Crippen LogP contribution in [-0.2, 0) is 9.53 Å². The number of aliphatic hydroxyl groups excluding tert-OH is 2. The van der Waals surface area contributed by atoms with Gasteiger partial charge < -0.3 is 20.1 Å². The maximum Gasteiger partial charge on any atom is 0.303 e. The van der Waals surface area contributed by atoms with Crippen molar-refractivity contribution < 1.29 is 24.9 Å². The topological polar surface area (TPSA) is 87.0 Å². The molecule has 1 aliphatic heterocycles. The monoisotopic (exact) mass is 354 g/mol. The van der Waals surface area contributed by atoms with Crippen LogP contribution in [0, 0.1) is 17.8 Å². The first-order valence-electron chi connectivity index (χ1n) is 9.90. The van der Waals surface area contributed by atoms with Crippen LogP contribution in [-0.4, -0.2) is 46.2 Å². The number of aliphatic hydroxyl groups is 2. The molecule has 5 nitrogen and oxygen atoms in total. The minimum Gasteiger partial charge on any atom is -0.481 e. The number of rotatable bonds is 11. The Bertz CT molecular complexity index is 436. The molecule has 1 saturated carbocycles. The van der Waals surface area contributed by atoms with Crippen LogP contribution in [0.5, 0.6) is 0 Å². The molecule has 0 radical (unpaired) electrons. The van der Waals surface area contributed by atoms with Gasteiger partial charge in [0.05, 0.1) is 24.9 Å². The standard InChI is InChI=1S/C20H34O5/c1-2-3-4-8-15(21)10-11-16-17(22)12-18-20(16)14(13-25-18)7-5-6-9-19(23)24/h10-11,14-18,20-22H,2-9,12-13H2,1H3,(H,23,24)/t14-,15-,16?,17+,18-,20+/m0/s1. The second kappa shape index (κ2) is 10.3. The Kier molecular flexibility index (Phi) is 8.40. The van der Waals surface area contributed by atoms with Crippen molar-refractivity contribution in [3.8, 4) is 0 Å².